The van der Waals surface area contributed by atoms with Gasteiger partial charge in [-0.05, 0) is 25.1 Å². The molecule has 1 heterocycles. The predicted octanol–water partition coefficient (Wildman–Crippen LogP) is 2.82. The van der Waals surface area contributed by atoms with Crippen LogP contribution >= 0.6 is 35.6 Å². The van der Waals surface area contributed by atoms with Gasteiger partial charge in [0.2, 0.25) is 5.91 Å². The summed E-state index contributed by atoms with van der Waals surface area (Å²) in [4.78, 5) is 11.9. The Bertz CT molecular complexity index is 691. The Hall–Kier alpha value is -1.31. The van der Waals surface area contributed by atoms with Gasteiger partial charge in [-0.2, -0.15) is 0 Å². The number of nitrogens with two attached hydrogens (primary N) is 1. The fraction of sp³-hybridized carbons (Fsp3) is 0.286. The van der Waals surface area contributed by atoms with Crippen LogP contribution in [-0.4, -0.2) is 35.4 Å². The number of aromatic nitrogens is 2. The topological polar surface area (TPSA) is 82.2 Å². The lowest BCUT2D eigenvalue weighted by Gasteiger charge is -2.09. The van der Waals surface area contributed by atoms with Crippen LogP contribution in [0, 0.1) is 6.92 Å². The molecule has 3 N–H and O–H groups in total. The van der Waals surface area contributed by atoms with Crippen LogP contribution in [0.3, 0.4) is 0 Å². The Morgan fingerprint density at radius 2 is 2.09 bits per heavy atom. The number of halogens is 3. The van der Waals surface area contributed by atoms with Gasteiger partial charge in [-0.1, -0.05) is 23.2 Å². The first-order chi connectivity index (χ1) is 10.4. The van der Waals surface area contributed by atoms with E-state index in [9.17, 15) is 4.79 Å². The minimum Gasteiger partial charge on any atom is -0.383 e. The van der Waals surface area contributed by atoms with Crippen LogP contribution < -0.4 is 11.1 Å². The van der Waals surface area contributed by atoms with Crippen LogP contribution in [0.15, 0.2) is 24.3 Å². The number of ether oxygens (including phenoxy) is 1. The number of hydrogen-bond acceptors (Lipinski definition) is 4. The summed E-state index contributed by atoms with van der Waals surface area (Å²) in [6.45, 7) is 2.00. The van der Waals surface area contributed by atoms with Crippen LogP contribution in [-0.2, 0) is 9.53 Å². The summed E-state index contributed by atoms with van der Waals surface area (Å²) in [7, 11) is 1.48. The summed E-state index contributed by atoms with van der Waals surface area (Å²) in [5, 5.41) is 7.87. The number of benzene rings is 1. The zero-order valence-electron chi connectivity index (χ0n) is 12.5. The van der Waals surface area contributed by atoms with E-state index >= 15 is 0 Å². The average molecular weight is 380 g/mol. The molecule has 2 rings (SSSR count). The molecule has 126 valence electrons. The van der Waals surface area contributed by atoms with Gasteiger partial charge in [-0.25, -0.2) is 4.68 Å². The third-order valence-corrected chi connectivity index (χ3v) is 3.71. The van der Waals surface area contributed by atoms with E-state index in [1.54, 1.807) is 28.9 Å². The van der Waals surface area contributed by atoms with Gasteiger partial charge in [0.05, 0.1) is 22.3 Å². The maximum Gasteiger partial charge on any atom is 0.244 e. The molecule has 0 aliphatic heterocycles. The van der Waals surface area contributed by atoms with Crippen molar-refractivity contribution >= 4 is 47.3 Å². The smallest absolute Gasteiger partial charge is 0.244 e. The lowest BCUT2D eigenvalue weighted by Crippen LogP contribution is -2.39. The van der Waals surface area contributed by atoms with Gasteiger partial charge in [0.15, 0.2) is 5.82 Å². The van der Waals surface area contributed by atoms with E-state index in [0.29, 0.717) is 15.9 Å². The van der Waals surface area contributed by atoms with Crippen molar-refractivity contribution in [3.8, 4) is 5.69 Å². The highest BCUT2D eigenvalue weighted by atomic mass is 35.5. The Morgan fingerprint density at radius 1 is 1.39 bits per heavy atom. The van der Waals surface area contributed by atoms with E-state index in [2.05, 4.69) is 10.4 Å². The second kappa shape index (κ2) is 8.52. The summed E-state index contributed by atoms with van der Waals surface area (Å²) < 4.78 is 6.50. The zero-order valence-corrected chi connectivity index (χ0v) is 14.9. The number of anilines is 1. The van der Waals surface area contributed by atoms with Crippen LogP contribution in [0.25, 0.3) is 5.69 Å². The Labute approximate surface area is 150 Å². The van der Waals surface area contributed by atoms with E-state index in [4.69, 9.17) is 33.7 Å². The molecule has 1 aromatic heterocycles. The number of rotatable bonds is 5. The average Bonchev–Trinajstić information content (AvgIpc) is 2.83. The Kier molecular flexibility index (Phi) is 7.31. The van der Waals surface area contributed by atoms with Crippen LogP contribution in [0.4, 0.5) is 5.82 Å². The zero-order chi connectivity index (χ0) is 16.3. The maximum atomic E-state index is 11.9. The molecule has 1 atom stereocenters. The van der Waals surface area contributed by atoms with Crippen molar-refractivity contribution < 1.29 is 9.53 Å². The molecule has 1 aromatic carbocycles. The number of carbonyl (C=O) groups excluding carboxylic acids is 1. The lowest BCUT2D eigenvalue weighted by atomic mass is 10.3. The lowest BCUT2D eigenvalue weighted by molar-refractivity contribution is -0.118. The first kappa shape index (κ1) is 19.7. The molecule has 23 heavy (non-hydrogen) atoms. The SMILES string of the molecule is COCC(N)C(=O)Nc1cc(C)n(-c2ccc(Cl)c(Cl)c2)n1.Cl. The molecule has 0 fully saturated rings. The van der Waals surface area contributed by atoms with Gasteiger partial charge in [-0.3, -0.25) is 4.79 Å². The van der Waals surface area contributed by atoms with Gasteiger partial charge in [0.1, 0.15) is 6.04 Å². The number of methoxy groups -OCH3 is 1. The molecule has 0 spiro atoms. The predicted molar refractivity (Wildman–Crippen MR) is 94.1 cm³/mol. The fourth-order valence-corrected chi connectivity index (χ4v) is 2.18. The van der Waals surface area contributed by atoms with Gasteiger partial charge >= 0.3 is 0 Å². The number of nitrogens with one attached hydrogen (secondary N) is 1. The molecule has 2 aromatic rings. The van der Waals surface area contributed by atoms with E-state index in [1.807, 2.05) is 6.92 Å². The molecule has 1 unspecified atom stereocenters. The van der Waals surface area contributed by atoms with E-state index in [1.165, 1.54) is 7.11 Å². The minimum atomic E-state index is -0.750. The van der Waals surface area contributed by atoms with E-state index in [0.717, 1.165) is 11.4 Å². The standard InChI is InChI=1S/C14H16Cl2N4O2.ClH/c1-8-5-13(18-14(21)12(17)7-22-2)19-20(8)9-3-4-10(15)11(16)6-9;/h3-6,12H,7,17H2,1-2H3,(H,18,19,21);1H. The van der Waals surface area contributed by atoms with E-state index in [-0.39, 0.29) is 24.9 Å². The second-order valence-electron chi connectivity index (χ2n) is 4.73. The normalized spacial score (nSPS) is 11.7. The largest absolute Gasteiger partial charge is 0.383 e. The highest BCUT2D eigenvalue weighted by Crippen LogP contribution is 2.25. The Balaban J connectivity index is 0.00000264. The second-order valence-corrected chi connectivity index (χ2v) is 5.55. The van der Waals surface area contributed by atoms with Gasteiger partial charge < -0.3 is 15.8 Å². The number of aryl methyl sites for hydroxylation is 1. The monoisotopic (exact) mass is 378 g/mol. The van der Waals surface area contributed by atoms with Crippen LogP contribution in [0.1, 0.15) is 5.69 Å². The molecule has 9 heteroatoms. The molecule has 1 amide bonds. The van der Waals surface area contributed by atoms with Gasteiger partial charge in [0.25, 0.3) is 0 Å². The molecule has 0 radical (unpaired) electrons. The quantitative estimate of drug-likeness (QED) is 0.837. The summed E-state index contributed by atoms with van der Waals surface area (Å²) in [6.07, 6.45) is 0. The van der Waals surface area contributed by atoms with Crippen LogP contribution in [0.2, 0.25) is 10.0 Å². The van der Waals surface area contributed by atoms with E-state index < -0.39 is 6.04 Å². The van der Waals surface area contributed by atoms with Crippen LogP contribution in [0.5, 0.6) is 0 Å². The Morgan fingerprint density at radius 3 is 2.70 bits per heavy atom. The van der Waals surface area contributed by atoms with Crippen molar-refractivity contribution in [2.75, 3.05) is 19.0 Å². The van der Waals surface area contributed by atoms with Crippen molar-refractivity contribution in [2.45, 2.75) is 13.0 Å². The van der Waals surface area contributed by atoms with Crippen molar-refractivity contribution in [1.82, 2.24) is 9.78 Å². The number of hydrogen-bond donors (Lipinski definition) is 2. The molecule has 0 bridgehead atoms. The molecule has 0 aliphatic rings. The number of amides is 1. The third kappa shape index (κ3) is 4.83. The number of nitrogens with zero attached hydrogens (tertiary/aromatic N) is 2. The van der Waals surface area contributed by atoms with Crippen molar-refractivity contribution in [2.24, 2.45) is 5.73 Å². The van der Waals surface area contributed by atoms with Crippen molar-refractivity contribution in [3.63, 3.8) is 0 Å². The molecular weight excluding hydrogens is 363 g/mol. The van der Waals surface area contributed by atoms with Gasteiger partial charge in [-0.15, -0.1) is 17.5 Å². The summed E-state index contributed by atoms with van der Waals surface area (Å²) in [6, 6.07) is 6.16. The first-order valence-corrected chi connectivity index (χ1v) is 7.25. The molecule has 0 saturated heterocycles. The highest BCUT2D eigenvalue weighted by Gasteiger charge is 2.15. The third-order valence-electron chi connectivity index (χ3n) is 2.97. The summed E-state index contributed by atoms with van der Waals surface area (Å²) in [5.41, 5.74) is 7.24. The molecular formula is C14H17Cl3N4O2. The van der Waals surface area contributed by atoms with Gasteiger partial charge in [0, 0.05) is 18.9 Å². The molecule has 6 nitrogen and oxygen atoms in total. The highest BCUT2D eigenvalue weighted by molar-refractivity contribution is 6.42. The maximum absolute atomic E-state index is 11.9. The molecule has 0 aliphatic carbocycles. The summed E-state index contributed by atoms with van der Waals surface area (Å²) in [5.74, 6) is 0.0424. The minimum absolute atomic E-state index is 0. The van der Waals surface area contributed by atoms with Crippen molar-refractivity contribution in [1.29, 1.82) is 0 Å². The summed E-state index contributed by atoms with van der Waals surface area (Å²) >= 11 is 11.9. The molecule has 0 saturated carbocycles. The number of carbonyl (C=O) groups is 1. The first-order valence-electron chi connectivity index (χ1n) is 6.50. The fourth-order valence-electron chi connectivity index (χ4n) is 1.89. The van der Waals surface area contributed by atoms with Crippen molar-refractivity contribution in [3.05, 3.63) is 40.0 Å².